The fourth-order valence-electron chi connectivity index (χ4n) is 2.72. The average Bonchev–Trinajstić information content (AvgIpc) is 2.72. The first-order chi connectivity index (χ1) is 12.7. The Morgan fingerprint density at radius 1 is 0.654 bits per heavy atom. The van der Waals surface area contributed by atoms with Gasteiger partial charge in [0.15, 0.2) is 11.5 Å². The van der Waals surface area contributed by atoms with Crippen molar-refractivity contribution < 1.29 is 18.4 Å². The quantitative estimate of drug-likeness (QED) is 0.640. The van der Waals surface area contributed by atoms with Gasteiger partial charge >= 0.3 is 0 Å². The zero-order valence-corrected chi connectivity index (χ0v) is 15.7. The van der Waals surface area contributed by atoms with Crippen molar-refractivity contribution in [3.8, 4) is 28.4 Å². The van der Waals surface area contributed by atoms with Crippen LogP contribution >= 0.6 is 0 Å². The molecule has 0 fully saturated rings. The summed E-state index contributed by atoms with van der Waals surface area (Å²) in [5.41, 5.74) is 2.10. The smallest absolute Gasteiger partial charge is 0.203 e. The van der Waals surface area contributed by atoms with Gasteiger partial charge in [0.2, 0.25) is 5.75 Å². The van der Waals surface area contributed by atoms with Crippen LogP contribution in [0.2, 0.25) is 0 Å². The minimum atomic E-state index is -1.38. The molecule has 134 valence electrons. The lowest BCUT2D eigenvalue weighted by molar-refractivity contribution is 0.323. The molecule has 0 aromatic heterocycles. The van der Waals surface area contributed by atoms with Crippen LogP contribution in [0.1, 0.15) is 0 Å². The summed E-state index contributed by atoms with van der Waals surface area (Å²) in [5.74, 6) is 1.44. The molecule has 1 unspecified atom stereocenters. The molecular formula is C21H20O4S. The van der Waals surface area contributed by atoms with Crippen molar-refractivity contribution in [2.45, 2.75) is 9.79 Å². The molecule has 0 saturated heterocycles. The van der Waals surface area contributed by atoms with E-state index in [9.17, 15) is 4.21 Å². The summed E-state index contributed by atoms with van der Waals surface area (Å²) in [5, 5.41) is 0. The van der Waals surface area contributed by atoms with Gasteiger partial charge in [0.05, 0.1) is 37.0 Å². The molecule has 3 rings (SSSR count). The van der Waals surface area contributed by atoms with Crippen LogP contribution in [0.5, 0.6) is 17.2 Å². The van der Waals surface area contributed by atoms with E-state index in [-0.39, 0.29) is 0 Å². The predicted octanol–water partition coefficient (Wildman–Crippen LogP) is 4.55. The van der Waals surface area contributed by atoms with Gasteiger partial charge in [0, 0.05) is 17.0 Å². The first-order valence-electron chi connectivity index (χ1n) is 8.05. The predicted molar refractivity (Wildman–Crippen MR) is 103 cm³/mol. The summed E-state index contributed by atoms with van der Waals surface area (Å²) in [6.45, 7) is 0. The van der Waals surface area contributed by atoms with E-state index in [4.69, 9.17) is 14.2 Å². The van der Waals surface area contributed by atoms with Gasteiger partial charge in [0.1, 0.15) is 0 Å². The molecule has 0 radical (unpaired) electrons. The number of hydrogen-bond donors (Lipinski definition) is 0. The maximum atomic E-state index is 13.1. The SMILES string of the molecule is COc1cc(S(=O)c2cccc(-c3ccccc3)c2)cc(OC)c1OC. The normalized spacial score (nSPS) is 11.7. The molecule has 0 heterocycles. The summed E-state index contributed by atoms with van der Waals surface area (Å²) in [4.78, 5) is 1.30. The highest BCUT2D eigenvalue weighted by Crippen LogP contribution is 2.40. The highest BCUT2D eigenvalue weighted by atomic mass is 32.2. The van der Waals surface area contributed by atoms with Crippen LogP contribution in [-0.4, -0.2) is 25.5 Å². The summed E-state index contributed by atoms with van der Waals surface area (Å²) < 4.78 is 29.2. The van der Waals surface area contributed by atoms with E-state index in [0.29, 0.717) is 27.0 Å². The van der Waals surface area contributed by atoms with Gasteiger partial charge in [-0.05, 0) is 23.3 Å². The Bertz CT molecular complexity index is 897. The molecule has 0 aliphatic carbocycles. The first kappa shape index (κ1) is 18.0. The molecule has 3 aromatic rings. The van der Waals surface area contributed by atoms with E-state index in [1.807, 2.05) is 54.6 Å². The molecular weight excluding hydrogens is 348 g/mol. The van der Waals surface area contributed by atoms with Crippen LogP contribution in [0, 0.1) is 0 Å². The molecule has 0 bridgehead atoms. The second-order valence-corrected chi connectivity index (χ2v) is 7.00. The molecule has 0 saturated carbocycles. The molecule has 0 amide bonds. The van der Waals surface area contributed by atoms with Crippen molar-refractivity contribution in [2.24, 2.45) is 0 Å². The Morgan fingerprint density at radius 3 is 1.85 bits per heavy atom. The summed E-state index contributed by atoms with van der Waals surface area (Å²) in [6, 6.07) is 21.1. The van der Waals surface area contributed by atoms with Gasteiger partial charge < -0.3 is 14.2 Å². The molecule has 4 nitrogen and oxygen atoms in total. The molecule has 1 atom stereocenters. The summed E-state index contributed by atoms with van der Waals surface area (Å²) in [6.07, 6.45) is 0. The Hall–Kier alpha value is -2.79. The molecule has 3 aromatic carbocycles. The van der Waals surface area contributed by atoms with Crippen molar-refractivity contribution in [2.75, 3.05) is 21.3 Å². The average molecular weight is 368 g/mol. The maximum Gasteiger partial charge on any atom is 0.203 e. The Balaban J connectivity index is 2.02. The van der Waals surface area contributed by atoms with Gasteiger partial charge in [-0.25, -0.2) is 4.21 Å². The molecule has 0 spiro atoms. The van der Waals surface area contributed by atoms with Crippen LogP contribution in [0.15, 0.2) is 76.5 Å². The third kappa shape index (κ3) is 3.58. The van der Waals surface area contributed by atoms with E-state index >= 15 is 0 Å². The molecule has 26 heavy (non-hydrogen) atoms. The van der Waals surface area contributed by atoms with Crippen molar-refractivity contribution in [3.05, 3.63) is 66.7 Å². The first-order valence-corrected chi connectivity index (χ1v) is 9.20. The number of hydrogen-bond acceptors (Lipinski definition) is 4. The van der Waals surface area contributed by atoms with Crippen molar-refractivity contribution >= 4 is 10.8 Å². The van der Waals surface area contributed by atoms with Gasteiger partial charge in [-0.3, -0.25) is 0 Å². The Morgan fingerprint density at radius 2 is 1.27 bits per heavy atom. The second-order valence-electron chi connectivity index (χ2n) is 5.52. The number of benzene rings is 3. The highest BCUT2D eigenvalue weighted by molar-refractivity contribution is 7.85. The van der Waals surface area contributed by atoms with E-state index < -0.39 is 10.8 Å². The van der Waals surface area contributed by atoms with Crippen molar-refractivity contribution in [1.82, 2.24) is 0 Å². The van der Waals surface area contributed by atoms with Gasteiger partial charge in [-0.15, -0.1) is 0 Å². The minimum Gasteiger partial charge on any atom is -0.493 e. The largest absolute Gasteiger partial charge is 0.493 e. The summed E-state index contributed by atoms with van der Waals surface area (Å²) in [7, 11) is 3.24. The van der Waals surface area contributed by atoms with Gasteiger partial charge in [-0.2, -0.15) is 0 Å². The van der Waals surface area contributed by atoms with E-state index in [2.05, 4.69) is 0 Å². The zero-order chi connectivity index (χ0) is 18.5. The van der Waals surface area contributed by atoms with Crippen LogP contribution in [0.25, 0.3) is 11.1 Å². The lowest BCUT2D eigenvalue weighted by Crippen LogP contribution is -1.99. The van der Waals surface area contributed by atoms with E-state index in [0.717, 1.165) is 11.1 Å². The van der Waals surface area contributed by atoms with Crippen LogP contribution in [0.4, 0.5) is 0 Å². The van der Waals surface area contributed by atoms with E-state index in [1.54, 1.807) is 33.5 Å². The van der Waals surface area contributed by atoms with Gasteiger partial charge in [-0.1, -0.05) is 42.5 Å². The minimum absolute atomic E-state index is 0.480. The standard InChI is InChI=1S/C21H20O4S/c1-23-19-13-18(14-20(24-2)21(19)25-3)26(22)17-11-7-10-16(12-17)15-8-5-4-6-9-15/h4-14H,1-3H3. The van der Waals surface area contributed by atoms with Gasteiger partial charge in [0.25, 0.3) is 0 Å². The third-order valence-electron chi connectivity index (χ3n) is 4.01. The number of ether oxygens (including phenoxy) is 3. The third-order valence-corrected chi connectivity index (χ3v) is 5.35. The number of rotatable bonds is 6. The molecule has 5 heteroatoms. The van der Waals surface area contributed by atoms with E-state index in [1.165, 1.54) is 0 Å². The lowest BCUT2D eigenvalue weighted by Gasteiger charge is -2.14. The van der Waals surface area contributed by atoms with Crippen LogP contribution in [0.3, 0.4) is 0 Å². The fraction of sp³-hybridized carbons (Fsp3) is 0.143. The van der Waals surface area contributed by atoms with Crippen molar-refractivity contribution in [3.63, 3.8) is 0 Å². The van der Waals surface area contributed by atoms with Crippen molar-refractivity contribution in [1.29, 1.82) is 0 Å². The zero-order valence-electron chi connectivity index (χ0n) is 14.9. The lowest BCUT2D eigenvalue weighted by atomic mass is 10.1. The second kappa shape index (κ2) is 8.06. The van der Waals surface area contributed by atoms with Crippen LogP contribution in [-0.2, 0) is 10.8 Å². The Labute approximate surface area is 155 Å². The highest BCUT2D eigenvalue weighted by Gasteiger charge is 2.17. The topological polar surface area (TPSA) is 44.8 Å². The number of methoxy groups -OCH3 is 3. The molecule has 0 N–H and O–H groups in total. The Kier molecular flexibility index (Phi) is 5.58. The molecule has 0 aliphatic heterocycles. The maximum absolute atomic E-state index is 13.1. The monoisotopic (exact) mass is 368 g/mol. The molecule has 0 aliphatic rings. The van der Waals surface area contributed by atoms with Crippen LogP contribution < -0.4 is 14.2 Å². The fourth-order valence-corrected chi connectivity index (χ4v) is 3.86. The summed E-state index contributed by atoms with van der Waals surface area (Å²) >= 11 is 0.